The lowest BCUT2D eigenvalue weighted by molar-refractivity contribution is -0.116. The molecule has 0 aliphatic heterocycles. The molecule has 0 saturated heterocycles. The zero-order chi connectivity index (χ0) is 18.8. The van der Waals surface area contributed by atoms with E-state index in [0.29, 0.717) is 26.2 Å². The van der Waals surface area contributed by atoms with E-state index in [1.54, 1.807) is 0 Å². The summed E-state index contributed by atoms with van der Waals surface area (Å²) in [5.74, 6) is 0.964. The summed E-state index contributed by atoms with van der Waals surface area (Å²) in [6.45, 7) is 7.94. The van der Waals surface area contributed by atoms with E-state index < -0.39 is 0 Å². The van der Waals surface area contributed by atoms with Crippen LogP contribution in [0.1, 0.15) is 42.9 Å². The summed E-state index contributed by atoms with van der Waals surface area (Å²) in [7, 11) is 0. The standard InChI is InChI=1S/C22H29NO3/c1-4-25-16-19-8-7-9-20(15-19)23-22(24)10-5-6-13-26-21-14-17(2)11-12-18(21)3/h7-9,11-12,14-15H,4-6,10,13,16H2,1-3H3,(H,23,24). The van der Waals surface area contributed by atoms with Crippen molar-refractivity contribution < 1.29 is 14.3 Å². The third-order valence-corrected chi connectivity index (χ3v) is 4.08. The molecular weight excluding hydrogens is 326 g/mol. The maximum Gasteiger partial charge on any atom is 0.224 e. The monoisotopic (exact) mass is 355 g/mol. The highest BCUT2D eigenvalue weighted by Crippen LogP contribution is 2.19. The molecule has 2 aromatic rings. The smallest absolute Gasteiger partial charge is 0.224 e. The average molecular weight is 355 g/mol. The van der Waals surface area contributed by atoms with E-state index in [1.807, 2.05) is 38.1 Å². The molecule has 0 radical (unpaired) electrons. The van der Waals surface area contributed by atoms with Gasteiger partial charge in [0, 0.05) is 18.7 Å². The summed E-state index contributed by atoms with van der Waals surface area (Å²) in [6.07, 6.45) is 2.15. The number of hydrogen-bond donors (Lipinski definition) is 1. The van der Waals surface area contributed by atoms with Crippen molar-refractivity contribution in [2.24, 2.45) is 0 Å². The molecule has 0 fully saturated rings. The Morgan fingerprint density at radius 3 is 2.73 bits per heavy atom. The maximum atomic E-state index is 12.1. The molecule has 1 amide bonds. The Kier molecular flexibility index (Phi) is 8.16. The van der Waals surface area contributed by atoms with Crippen LogP contribution in [-0.2, 0) is 16.1 Å². The van der Waals surface area contributed by atoms with Crippen molar-refractivity contribution in [2.45, 2.75) is 46.6 Å². The number of aryl methyl sites for hydroxylation is 2. The molecule has 140 valence electrons. The lowest BCUT2D eigenvalue weighted by Gasteiger charge is -2.10. The summed E-state index contributed by atoms with van der Waals surface area (Å²) < 4.78 is 11.2. The number of anilines is 1. The summed E-state index contributed by atoms with van der Waals surface area (Å²) in [5, 5.41) is 2.95. The van der Waals surface area contributed by atoms with Gasteiger partial charge in [0.15, 0.2) is 0 Å². The van der Waals surface area contributed by atoms with Crippen LogP contribution in [0.2, 0.25) is 0 Å². The van der Waals surface area contributed by atoms with Crippen molar-refractivity contribution in [1.29, 1.82) is 0 Å². The second-order valence-electron chi connectivity index (χ2n) is 6.46. The predicted molar refractivity (Wildman–Crippen MR) is 106 cm³/mol. The average Bonchev–Trinajstić information content (AvgIpc) is 2.62. The first-order chi connectivity index (χ1) is 12.6. The SMILES string of the molecule is CCOCc1cccc(NC(=O)CCCCOc2cc(C)ccc2C)c1. The van der Waals surface area contributed by atoms with Gasteiger partial charge in [-0.2, -0.15) is 0 Å². The largest absolute Gasteiger partial charge is 0.493 e. The van der Waals surface area contributed by atoms with Gasteiger partial charge in [0.2, 0.25) is 5.91 Å². The van der Waals surface area contributed by atoms with Crippen molar-refractivity contribution in [2.75, 3.05) is 18.5 Å². The molecule has 0 saturated carbocycles. The minimum atomic E-state index is 0.0327. The van der Waals surface area contributed by atoms with E-state index in [4.69, 9.17) is 9.47 Å². The molecule has 0 aromatic heterocycles. The number of carbonyl (C=O) groups is 1. The van der Waals surface area contributed by atoms with Crippen LogP contribution in [0.4, 0.5) is 5.69 Å². The van der Waals surface area contributed by atoms with Gasteiger partial charge in [0.05, 0.1) is 13.2 Å². The fourth-order valence-electron chi connectivity index (χ4n) is 2.61. The molecule has 2 rings (SSSR count). The number of nitrogens with one attached hydrogen (secondary N) is 1. The second-order valence-corrected chi connectivity index (χ2v) is 6.46. The number of unbranched alkanes of at least 4 members (excludes halogenated alkanes) is 1. The van der Waals surface area contributed by atoms with Crippen molar-refractivity contribution in [1.82, 2.24) is 0 Å². The van der Waals surface area contributed by atoms with Crippen molar-refractivity contribution >= 4 is 11.6 Å². The third kappa shape index (κ3) is 6.89. The van der Waals surface area contributed by atoms with Crippen LogP contribution in [-0.4, -0.2) is 19.1 Å². The molecule has 4 heteroatoms. The van der Waals surface area contributed by atoms with Gasteiger partial charge in [-0.15, -0.1) is 0 Å². The van der Waals surface area contributed by atoms with Gasteiger partial charge in [0.25, 0.3) is 0 Å². The van der Waals surface area contributed by atoms with E-state index in [0.717, 1.165) is 35.4 Å². The highest BCUT2D eigenvalue weighted by molar-refractivity contribution is 5.90. The summed E-state index contributed by atoms with van der Waals surface area (Å²) in [6, 6.07) is 14.0. The van der Waals surface area contributed by atoms with Crippen LogP contribution < -0.4 is 10.1 Å². The summed E-state index contributed by atoms with van der Waals surface area (Å²) in [4.78, 5) is 12.1. The van der Waals surface area contributed by atoms with E-state index in [1.165, 1.54) is 5.56 Å². The number of amides is 1. The van der Waals surface area contributed by atoms with Gasteiger partial charge in [-0.1, -0.05) is 24.3 Å². The predicted octanol–water partition coefficient (Wildman–Crippen LogP) is 5.03. The highest BCUT2D eigenvalue weighted by atomic mass is 16.5. The van der Waals surface area contributed by atoms with Crippen molar-refractivity contribution in [3.63, 3.8) is 0 Å². The van der Waals surface area contributed by atoms with E-state index in [-0.39, 0.29) is 5.91 Å². The van der Waals surface area contributed by atoms with Gasteiger partial charge in [-0.25, -0.2) is 0 Å². The zero-order valence-corrected chi connectivity index (χ0v) is 16.0. The molecular formula is C22H29NO3. The minimum absolute atomic E-state index is 0.0327. The zero-order valence-electron chi connectivity index (χ0n) is 16.0. The number of hydrogen-bond acceptors (Lipinski definition) is 3. The number of carbonyl (C=O) groups excluding carboxylic acids is 1. The van der Waals surface area contributed by atoms with Crippen LogP contribution >= 0.6 is 0 Å². The van der Waals surface area contributed by atoms with Crippen molar-refractivity contribution in [3.8, 4) is 5.75 Å². The molecule has 0 aliphatic rings. The quantitative estimate of drug-likeness (QED) is 0.608. The molecule has 0 spiro atoms. The lowest BCUT2D eigenvalue weighted by Crippen LogP contribution is -2.12. The van der Waals surface area contributed by atoms with Crippen LogP contribution in [0.15, 0.2) is 42.5 Å². The molecule has 0 bridgehead atoms. The van der Waals surface area contributed by atoms with E-state index in [2.05, 4.69) is 30.4 Å². The van der Waals surface area contributed by atoms with Crippen LogP contribution in [0.5, 0.6) is 5.75 Å². The van der Waals surface area contributed by atoms with Gasteiger partial charge in [-0.3, -0.25) is 4.79 Å². The normalized spacial score (nSPS) is 10.6. The molecule has 0 heterocycles. The van der Waals surface area contributed by atoms with Gasteiger partial charge < -0.3 is 14.8 Å². The topological polar surface area (TPSA) is 47.6 Å². The molecule has 0 aliphatic carbocycles. The van der Waals surface area contributed by atoms with Gasteiger partial charge in [0.1, 0.15) is 5.75 Å². The van der Waals surface area contributed by atoms with Gasteiger partial charge in [-0.05, 0) is 68.5 Å². The molecule has 0 unspecified atom stereocenters. The lowest BCUT2D eigenvalue weighted by atomic mass is 10.1. The fraction of sp³-hybridized carbons (Fsp3) is 0.409. The molecule has 2 aromatic carbocycles. The number of ether oxygens (including phenoxy) is 2. The molecule has 1 N–H and O–H groups in total. The maximum absolute atomic E-state index is 12.1. The Balaban J connectivity index is 1.68. The number of benzene rings is 2. The van der Waals surface area contributed by atoms with Crippen LogP contribution in [0.25, 0.3) is 0 Å². The Bertz CT molecular complexity index is 712. The first kappa shape index (κ1) is 20.0. The Hall–Kier alpha value is -2.33. The second kappa shape index (κ2) is 10.6. The fourth-order valence-corrected chi connectivity index (χ4v) is 2.61. The Labute approximate surface area is 156 Å². The van der Waals surface area contributed by atoms with Gasteiger partial charge >= 0.3 is 0 Å². The van der Waals surface area contributed by atoms with E-state index in [9.17, 15) is 4.79 Å². The minimum Gasteiger partial charge on any atom is -0.493 e. The summed E-state index contributed by atoms with van der Waals surface area (Å²) in [5.41, 5.74) is 4.21. The molecule has 0 atom stereocenters. The Morgan fingerprint density at radius 2 is 1.92 bits per heavy atom. The van der Waals surface area contributed by atoms with Crippen LogP contribution in [0.3, 0.4) is 0 Å². The summed E-state index contributed by atoms with van der Waals surface area (Å²) >= 11 is 0. The first-order valence-corrected chi connectivity index (χ1v) is 9.25. The van der Waals surface area contributed by atoms with Crippen molar-refractivity contribution in [3.05, 3.63) is 59.2 Å². The number of rotatable bonds is 10. The highest BCUT2D eigenvalue weighted by Gasteiger charge is 2.04. The third-order valence-electron chi connectivity index (χ3n) is 4.08. The van der Waals surface area contributed by atoms with Crippen LogP contribution in [0, 0.1) is 13.8 Å². The Morgan fingerprint density at radius 1 is 1.08 bits per heavy atom. The van der Waals surface area contributed by atoms with E-state index >= 15 is 0 Å². The molecule has 4 nitrogen and oxygen atoms in total. The molecule has 26 heavy (non-hydrogen) atoms. The first-order valence-electron chi connectivity index (χ1n) is 9.25.